The van der Waals surface area contributed by atoms with E-state index in [2.05, 4.69) is 31.8 Å². The lowest BCUT2D eigenvalue weighted by molar-refractivity contribution is 0.135. The summed E-state index contributed by atoms with van der Waals surface area (Å²) in [5, 5.41) is 24.1. The number of anilines is 3. The second kappa shape index (κ2) is 10.5. The summed E-state index contributed by atoms with van der Waals surface area (Å²) in [6, 6.07) is 11.4. The highest BCUT2D eigenvalue weighted by Gasteiger charge is 2.40. The molecule has 35 heavy (non-hydrogen) atoms. The predicted molar refractivity (Wildman–Crippen MR) is 134 cm³/mol. The van der Waals surface area contributed by atoms with Crippen LogP contribution < -0.4 is 15.4 Å². The van der Waals surface area contributed by atoms with Crippen LogP contribution in [-0.2, 0) is 4.74 Å². The Kier molecular flexibility index (Phi) is 6.97. The number of aryl methyl sites for hydroxylation is 1. The average Bonchev–Trinajstić information content (AvgIpc) is 3.36. The van der Waals surface area contributed by atoms with Crippen molar-refractivity contribution in [2.75, 3.05) is 37.5 Å². The molecular weight excluding hydrogens is 444 g/mol. The zero-order chi connectivity index (χ0) is 24.2. The quantitative estimate of drug-likeness (QED) is 0.375. The molecule has 0 saturated carbocycles. The minimum absolute atomic E-state index is 0.296. The third-order valence-corrected chi connectivity index (χ3v) is 6.88. The zero-order valence-corrected chi connectivity index (χ0v) is 20.3. The maximum atomic E-state index is 9.00. The number of benzene rings is 1. The lowest BCUT2D eigenvalue weighted by Gasteiger charge is -2.38. The number of hydrogen-bond acceptors (Lipinski definition) is 9. The molecule has 2 saturated heterocycles. The van der Waals surface area contributed by atoms with E-state index in [1.165, 1.54) is 12.8 Å². The second-order valence-electron chi connectivity index (χ2n) is 9.32. The smallest absolute Gasteiger partial charge is 0.225 e. The Morgan fingerprint density at radius 3 is 2.71 bits per heavy atom. The number of H-pyrrole nitrogens is 1. The maximum absolute atomic E-state index is 9.00. The molecule has 3 N–H and O–H groups in total. The monoisotopic (exact) mass is 476 g/mol. The predicted octanol–water partition coefficient (Wildman–Crippen LogP) is 3.75. The summed E-state index contributed by atoms with van der Waals surface area (Å²) in [5.41, 5.74) is 1.76. The molecule has 0 aliphatic carbocycles. The van der Waals surface area contributed by atoms with E-state index in [4.69, 9.17) is 24.7 Å². The van der Waals surface area contributed by atoms with E-state index >= 15 is 0 Å². The Labute approximate surface area is 205 Å². The summed E-state index contributed by atoms with van der Waals surface area (Å²) in [6.07, 6.45) is 5.05. The molecule has 4 heterocycles. The van der Waals surface area contributed by atoms with Crippen LogP contribution in [0.4, 0.5) is 17.6 Å². The van der Waals surface area contributed by atoms with Crippen molar-refractivity contribution >= 4 is 28.5 Å². The standard InChI is InChI=1S/C25H32N8O2/c1-16-12-23(32-31-16)29-24-21-7-6-20(35-11-10-34-2)15-22(21)28-25(30-24)27-17-13-18-4-5-19(14-17)33(18)9-3-8-26/h6-7,12,15,17-19H,3-5,9-11,13-14H2,1-2H3,(H3,27,28,29,30,31,32)/t17?,18-,19+. The van der Waals surface area contributed by atoms with Gasteiger partial charge in [-0.1, -0.05) is 0 Å². The zero-order valence-electron chi connectivity index (χ0n) is 20.3. The van der Waals surface area contributed by atoms with Gasteiger partial charge in [-0.25, -0.2) is 4.98 Å². The lowest BCUT2D eigenvalue weighted by Crippen LogP contribution is -2.47. The minimum atomic E-state index is 0.296. The van der Waals surface area contributed by atoms with Crippen molar-refractivity contribution in [1.82, 2.24) is 25.1 Å². The first kappa shape index (κ1) is 23.3. The topological polar surface area (TPSA) is 124 Å². The largest absolute Gasteiger partial charge is 0.491 e. The van der Waals surface area contributed by atoms with Crippen LogP contribution in [0.5, 0.6) is 5.75 Å². The number of fused-ring (bicyclic) bond motifs is 3. The number of nitriles is 1. The summed E-state index contributed by atoms with van der Waals surface area (Å²) >= 11 is 0. The fraction of sp³-hybridized carbons (Fsp3) is 0.520. The second-order valence-corrected chi connectivity index (χ2v) is 9.32. The SMILES string of the molecule is COCCOc1ccc2c(Nc3cc(C)[nH]n3)nc(NC3C[C@H]4CC[C@@H](C3)N4CCC#N)nc2c1. The maximum Gasteiger partial charge on any atom is 0.225 e. The van der Waals surface area contributed by atoms with Crippen LogP contribution in [0.2, 0.25) is 0 Å². The van der Waals surface area contributed by atoms with E-state index in [0.717, 1.165) is 41.7 Å². The van der Waals surface area contributed by atoms with Gasteiger partial charge >= 0.3 is 0 Å². The van der Waals surface area contributed by atoms with E-state index in [0.29, 0.717) is 55.3 Å². The van der Waals surface area contributed by atoms with E-state index in [9.17, 15) is 0 Å². The fourth-order valence-electron chi connectivity index (χ4n) is 5.32. The summed E-state index contributed by atoms with van der Waals surface area (Å²) in [5.74, 6) is 2.74. The number of aromatic amines is 1. The van der Waals surface area contributed by atoms with Crippen LogP contribution in [0.15, 0.2) is 24.3 Å². The molecule has 0 spiro atoms. The molecule has 2 aromatic heterocycles. The van der Waals surface area contributed by atoms with Crippen molar-refractivity contribution in [3.63, 3.8) is 0 Å². The van der Waals surface area contributed by atoms with Gasteiger partial charge in [0.2, 0.25) is 5.95 Å². The molecule has 0 radical (unpaired) electrons. The highest BCUT2D eigenvalue weighted by atomic mass is 16.5. The Hall–Kier alpha value is -3.42. The first-order valence-electron chi connectivity index (χ1n) is 12.2. The van der Waals surface area contributed by atoms with Gasteiger partial charge in [0.05, 0.1) is 18.2 Å². The van der Waals surface area contributed by atoms with Crippen LogP contribution in [-0.4, -0.2) is 70.1 Å². The van der Waals surface area contributed by atoms with Gasteiger partial charge in [-0.15, -0.1) is 0 Å². The summed E-state index contributed by atoms with van der Waals surface area (Å²) in [4.78, 5) is 12.2. The van der Waals surface area contributed by atoms with E-state index in [-0.39, 0.29) is 0 Å². The number of nitrogens with zero attached hydrogens (tertiary/aromatic N) is 5. The number of piperidine rings is 1. The van der Waals surface area contributed by atoms with Gasteiger partial charge in [0.1, 0.15) is 18.2 Å². The minimum Gasteiger partial charge on any atom is -0.491 e. The molecule has 184 valence electrons. The van der Waals surface area contributed by atoms with Crippen LogP contribution in [0.25, 0.3) is 10.9 Å². The molecule has 2 fully saturated rings. The van der Waals surface area contributed by atoms with Gasteiger partial charge in [0.15, 0.2) is 5.82 Å². The van der Waals surface area contributed by atoms with Crippen LogP contribution >= 0.6 is 0 Å². The molecule has 1 aromatic carbocycles. The Morgan fingerprint density at radius 2 is 2.00 bits per heavy atom. The van der Waals surface area contributed by atoms with Crippen LogP contribution in [0.3, 0.4) is 0 Å². The number of ether oxygens (including phenoxy) is 2. The van der Waals surface area contributed by atoms with Crippen molar-refractivity contribution in [3.8, 4) is 11.8 Å². The van der Waals surface area contributed by atoms with Crippen LogP contribution in [0, 0.1) is 18.3 Å². The molecular formula is C25H32N8O2. The first-order chi connectivity index (χ1) is 17.1. The third kappa shape index (κ3) is 5.31. The molecule has 0 amide bonds. The van der Waals surface area contributed by atoms with Crippen molar-refractivity contribution in [2.24, 2.45) is 0 Å². The van der Waals surface area contributed by atoms with Crippen LogP contribution in [0.1, 0.15) is 37.8 Å². The molecule has 2 aliphatic heterocycles. The van der Waals surface area contributed by atoms with Gasteiger partial charge in [-0.2, -0.15) is 15.3 Å². The Bertz CT molecular complexity index is 1190. The number of methoxy groups -OCH3 is 1. The summed E-state index contributed by atoms with van der Waals surface area (Å²) in [7, 11) is 1.66. The summed E-state index contributed by atoms with van der Waals surface area (Å²) in [6.45, 7) is 3.83. The third-order valence-electron chi connectivity index (χ3n) is 6.88. The molecule has 10 nitrogen and oxygen atoms in total. The fourth-order valence-corrected chi connectivity index (χ4v) is 5.32. The number of rotatable bonds is 10. The summed E-state index contributed by atoms with van der Waals surface area (Å²) < 4.78 is 10.9. The van der Waals surface area contributed by atoms with Gasteiger partial charge in [-0.3, -0.25) is 10.00 Å². The van der Waals surface area contributed by atoms with Gasteiger partial charge in [-0.05, 0) is 44.7 Å². The van der Waals surface area contributed by atoms with Gasteiger partial charge in [0.25, 0.3) is 0 Å². The van der Waals surface area contributed by atoms with Crippen molar-refractivity contribution in [2.45, 2.75) is 57.2 Å². The van der Waals surface area contributed by atoms with Gasteiger partial charge in [0, 0.05) is 61.4 Å². The highest BCUT2D eigenvalue weighted by molar-refractivity contribution is 5.92. The molecule has 3 aromatic rings. The number of nitrogens with one attached hydrogen (secondary N) is 3. The Balaban J connectivity index is 1.39. The van der Waals surface area contributed by atoms with Gasteiger partial charge < -0.3 is 20.1 Å². The lowest BCUT2D eigenvalue weighted by atomic mass is 9.97. The van der Waals surface area contributed by atoms with E-state index in [1.807, 2.05) is 31.2 Å². The van der Waals surface area contributed by atoms with E-state index in [1.54, 1.807) is 7.11 Å². The molecule has 10 heteroatoms. The molecule has 2 bridgehead atoms. The molecule has 3 atom stereocenters. The molecule has 2 aliphatic rings. The van der Waals surface area contributed by atoms with Crippen molar-refractivity contribution in [1.29, 1.82) is 5.26 Å². The van der Waals surface area contributed by atoms with Crippen molar-refractivity contribution in [3.05, 3.63) is 30.0 Å². The highest BCUT2D eigenvalue weighted by Crippen LogP contribution is 2.37. The molecule has 1 unspecified atom stereocenters. The number of hydrogen-bond donors (Lipinski definition) is 3. The number of aromatic nitrogens is 4. The first-order valence-corrected chi connectivity index (χ1v) is 12.2. The average molecular weight is 477 g/mol. The Morgan fingerprint density at radius 1 is 1.17 bits per heavy atom. The van der Waals surface area contributed by atoms with Crippen molar-refractivity contribution < 1.29 is 9.47 Å². The van der Waals surface area contributed by atoms with E-state index < -0.39 is 0 Å². The normalized spacial score (nSPS) is 21.7. The molecule has 5 rings (SSSR count).